The van der Waals surface area contributed by atoms with Gasteiger partial charge < -0.3 is 0 Å². The molecule has 0 spiro atoms. The molecule has 0 aliphatic carbocycles. The van der Waals surface area contributed by atoms with Crippen molar-refractivity contribution in [3.8, 4) is 0 Å². The van der Waals surface area contributed by atoms with Crippen molar-refractivity contribution in [1.29, 1.82) is 0 Å². The van der Waals surface area contributed by atoms with Gasteiger partial charge in [-0.1, -0.05) is 35.9 Å². The molecule has 0 amide bonds. The largest absolute Gasteiger partial charge is 0.228 e. The van der Waals surface area contributed by atoms with Crippen molar-refractivity contribution in [1.82, 2.24) is 15.2 Å². The van der Waals surface area contributed by atoms with Crippen LogP contribution in [0.4, 0.5) is 0 Å². The lowest BCUT2D eigenvalue weighted by atomic mass is 10.3. The van der Waals surface area contributed by atoms with E-state index in [1.807, 2.05) is 18.2 Å². The minimum atomic E-state index is 0.696. The van der Waals surface area contributed by atoms with Crippen LogP contribution in [0.5, 0.6) is 0 Å². The van der Waals surface area contributed by atoms with Gasteiger partial charge in [0.25, 0.3) is 0 Å². The van der Waals surface area contributed by atoms with E-state index in [4.69, 9.17) is 11.6 Å². The zero-order chi connectivity index (χ0) is 12.5. The number of nitrogens with zero attached hydrogens (tertiary/aromatic N) is 3. The molecule has 0 radical (unpaired) electrons. The summed E-state index contributed by atoms with van der Waals surface area (Å²) in [4.78, 5) is 4.53. The lowest BCUT2D eigenvalue weighted by Crippen LogP contribution is -1.75. The lowest BCUT2D eigenvalue weighted by Gasteiger charge is -1.88. The molecule has 7 heteroatoms. The zero-order valence-electron chi connectivity index (χ0n) is 9.38. The van der Waals surface area contributed by atoms with E-state index in [2.05, 4.69) is 22.1 Å². The van der Waals surface area contributed by atoms with Crippen LogP contribution < -0.4 is 0 Å². The van der Waals surface area contributed by atoms with Crippen molar-refractivity contribution in [2.75, 3.05) is 0 Å². The number of aryl methyl sites for hydroxylation is 1. The van der Waals surface area contributed by atoms with Gasteiger partial charge in [0.05, 0.1) is 9.72 Å². The van der Waals surface area contributed by atoms with E-state index in [0.29, 0.717) is 5.02 Å². The molecule has 1 aromatic carbocycles. The van der Waals surface area contributed by atoms with E-state index in [0.717, 1.165) is 30.3 Å². The highest BCUT2D eigenvalue weighted by Gasteiger charge is 2.11. The van der Waals surface area contributed by atoms with E-state index in [1.54, 1.807) is 34.4 Å². The fourth-order valence-electron chi connectivity index (χ4n) is 1.44. The molecular formula is C11H8ClN3S3. The Morgan fingerprint density at radius 3 is 2.83 bits per heavy atom. The molecule has 0 saturated carbocycles. The third-order valence-electron chi connectivity index (χ3n) is 2.28. The maximum Gasteiger partial charge on any atom is 0.181 e. The van der Waals surface area contributed by atoms with Gasteiger partial charge in [0.15, 0.2) is 8.68 Å². The topological polar surface area (TPSA) is 38.7 Å². The normalized spacial score (nSPS) is 11.2. The van der Waals surface area contributed by atoms with Gasteiger partial charge >= 0.3 is 0 Å². The van der Waals surface area contributed by atoms with E-state index >= 15 is 0 Å². The van der Waals surface area contributed by atoms with Crippen LogP contribution >= 0.6 is 46.0 Å². The third-order valence-corrected chi connectivity index (χ3v) is 5.78. The summed E-state index contributed by atoms with van der Waals surface area (Å²) in [6.45, 7) is 2.08. The van der Waals surface area contributed by atoms with Gasteiger partial charge in [0.2, 0.25) is 0 Å². The van der Waals surface area contributed by atoms with Crippen LogP contribution in [0, 0.1) is 0 Å². The average Bonchev–Trinajstić information content (AvgIpc) is 2.96. The van der Waals surface area contributed by atoms with Crippen LogP contribution in [0.1, 0.15) is 11.9 Å². The number of aromatic nitrogens is 3. The van der Waals surface area contributed by atoms with Crippen molar-refractivity contribution in [2.24, 2.45) is 0 Å². The summed E-state index contributed by atoms with van der Waals surface area (Å²) in [5, 5.41) is 9.99. The highest BCUT2D eigenvalue weighted by molar-refractivity contribution is 8.02. The SMILES string of the molecule is CCc1nnc(Sc2nc3c(Cl)cccc3s2)s1. The second-order valence-electron chi connectivity index (χ2n) is 3.48. The molecule has 0 aliphatic heterocycles. The summed E-state index contributed by atoms with van der Waals surface area (Å²) in [5.41, 5.74) is 0.867. The molecule has 0 aliphatic rings. The Morgan fingerprint density at radius 2 is 2.11 bits per heavy atom. The van der Waals surface area contributed by atoms with Crippen molar-refractivity contribution in [3.63, 3.8) is 0 Å². The number of hydrogen-bond acceptors (Lipinski definition) is 6. The zero-order valence-corrected chi connectivity index (χ0v) is 12.6. The van der Waals surface area contributed by atoms with Crippen LogP contribution in [0.25, 0.3) is 10.2 Å². The van der Waals surface area contributed by atoms with E-state index in [9.17, 15) is 0 Å². The number of thiazole rings is 1. The molecule has 2 heterocycles. The molecule has 2 aromatic heterocycles. The monoisotopic (exact) mass is 313 g/mol. The van der Waals surface area contributed by atoms with Crippen molar-refractivity contribution in [3.05, 3.63) is 28.2 Å². The average molecular weight is 314 g/mol. The van der Waals surface area contributed by atoms with E-state index in [1.165, 1.54) is 0 Å². The first kappa shape index (κ1) is 12.3. The van der Waals surface area contributed by atoms with Gasteiger partial charge in [0.1, 0.15) is 10.5 Å². The van der Waals surface area contributed by atoms with Gasteiger partial charge in [-0.2, -0.15) is 0 Å². The van der Waals surface area contributed by atoms with E-state index in [-0.39, 0.29) is 0 Å². The summed E-state index contributed by atoms with van der Waals surface area (Å²) in [6.07, 6.45) is 0.921. The standard InChI is InChI=1S/C11H8ClN3S3/c1-2-8-14-15-11(17-8)18-10-13-9-6(12)4-3-5-7(9)16-10/h3-5H,2H2,1H3. The molecule has 3 nitrogen and oxygen atoms in total. The van der Waals surface area contributed by atoms with Crippen LogP contribution in [-0.2, 0) is 6.42 Å². The first-order valence-corrected chi connectivity index (χ1v) is 8.14. The number of para-hydroxylation sites is 1. The quantitative estimate of drug-likeness (QED) is 0.713. The Balaban J connectivity index is 1.93. The van der Waals surface area contributed by atoms with Crippen molar-refractivity contribution >= 4 is 56.3 Å². The van der Waals surface area contributed by atoms with Gasteiger partial charge in [-0.3, -0.25) is 0 Å². The number of fused-ring (bicyclic) bond motifs is 1. The summed E-state index contributed by atoms with van der Waals surface area (Å²) in [7, 11) is 0. The molecule has 18 heavy (non-hydrogen) atoms. The minimum absolute atomic E-state index is 0.696. The Labute approximate surface area is 121 Å². The maximum atomic E-state index is 6.11. The van der Waals surface area contributed by atoms with E-state index < -0.39 is 0 Å². The van der Waals surface area contributed by atoms with Gasteiger partial charge in [0, 0.05) is 0 Å². The minimum Gasteiger partial charge on any atom is -0.228 e. The molecule has 0 N–H and O–H groups in total. The van der Waals surface area contributed by atoms with Crippen molar-refractivity contribution < 1.29 is 0 Å². The number of halogens is 1. The van der Waals surface area contributed by atoms with Gasteiger partial charge in [-0.05, 0) is 30.3 Å². The van der Waals surface area contributed by atoms with Gasteiger partial charge in [-0.25, -0.2) is 4.98 Å². The fraction of sp³-hybridized carbons (Fsp3) is 0.182. The molecule has 0 bridgehead atoms. The highest BCUT2D eigenvalue weighted by atomic mass is 35.5. The first-order chi connectivity index (χ1) is 8.76. The van der Waals surface area contributed by atoms with Crippen molar-refractivity contribution in [2.45, 2.75) is 22.0 Å². The Hall–Kier alpha value is -0.690. The molecule has 0 saturated heterocycles. The molecule has 0 atom stereocenters. The lowest BCUT2D eigenvalue weighted by molar-refractivity contribution is 0.943. The number of rotatable bonds is 3. The third kappa shape index (κ3) is 2.38. The summed E-state index contributed by atoms with van der Waals surface area (Å²) < 4.78 is 2.99. The van der Waals surface area contributed by atoms with Gasteiger partial charge in [-0.15, -0.1) is 21.5 Å². The molecule has 0 fully saturated rings. The van der Waals surface area contributed by atoms with Crippen LogP contribution in [0.3, 0.4) is 0 Å². The fourth-order valence-corrected chi connectivity index (χ4v) is 4.83. The maximum absolute atomic E-state index is 6.11. The first-order valence-electron chi connectivity index (χ1n) is 5.31. The predicted octanol–water partition coefficient (Wildman–Crippen LogP) is 4.51. The molecule has 3 aromatic rings. The molecule has 92 valence electrons. The molecule has 3 rings (SSSR count). The Morgan fingerprint density at radius 1 is 1.22 bits per heavy atom. The Kier molecular flexibility index (Phi) is 3.52. The summed E-state index contributed by atoms with van der Waals surface area (Å²) in [6, 6.07) is 5.83. The Bertz CT molecular complexity index is 692. The second kappa shape index (κ2) is 5.13. The number of benzene rings is 1. The second-order valence-corrected chi connectivity index (χ2v) is 7.48. The molecular weight excluding hydrogens is 306 g/mol. The predicted molar refractivity (Wildman–Crippen MR) is 78.0 cm³/mol. The van der Waals surface area contributed by atoms with Crippen LogP contribution in [0.15, 0.2) is 26.9 Å². The smallest absolute Gasteiger partial charge is 0.181 e. The summed E-state index contributed by atoms with van der Waals surface area (Å²) in [5.74, 6) is 0. The van der Waals surface area contributed by atoms with Crippen LogP contribution in [-0.4, -0.2) is 15.2 Å². The summed E-state index contributed by atoms with van der Waals surface area (Å²) >= 11 is 10.9. The highest BCUT2D eigenvalue weighted by Crippen LogP contribution is 2.37. The molecule has 0 unspecified atom stereocenters. The van der Waals surface area contributed by atoms with Crippen LogP contribution in [0.2, 0.25) is 5.02 Å². The number of hydrogen-bond donors (Lipinski definition) is 0.